The maximum atomic E-state index is 8.79. The maximum absolute atomic E-state index is 8.79. The van der Waals surface area contributed by atoms with Gasteiger partial charge in [-0.05, 0) is 19.4 Å². The van der Waals surface area contributed by atoms with Gasteiger partial charge in [-0.1, -0.05) is 11.8 Å². The van der Waals surface area contributed by atoms with Gasteiger partial charge in [-0.2, -0.15) is 20.1 Å². The Morgan fingerprint density at radius 3 is 2.95 bits per heavy atom. The summed E-state index contributed by atoms with van der Waals surface area (Å²) in [4.78, 5) is 13.0. The van der Waals surface area contributed by atoms with Crippen molar-refractivity contribution >= 4 is 17.7 Å². The molecule has 0 saturated heterocycles. The first kappa shape index (κ1) is 13.8. The summed E-state index contributed by atoms with van der Waals surface area (Å²) in [7, 11) is 0. The smallest absolute Gasteiger partial charge is 0.256 e. The lowest BCUT2D eigenvalue weighted by Crippen LogP contribution is -2.10. The number of rotatable bonds is 7. The van der Waals surface area contributed by atoms with E-state index in [0.717, 1.165) is 12.3 Å². The average molecular weight is 280 g/mol. The van der Waals surface area contributed by atoms with Crippen LogP contribution in [0.5, 0.6) is 0 Å². The Morgan fingerprint density at radius 1 is 1.37 bits per heavy atom. The van der Waals surface area contributed by atoms with E-state index in [1.54, 1.807) is 17.1 Å². The number of hydrogen-bond acceptors (Lipinski definition) is 7. The van der Waals surface area contributed by atoms with E-state index in [1.165, 1.54) is 11.8 Å². The predicted octanol–water partition coefficient (Wildman–Crippen LogP) is 0.964. The third-order valence-electron chi connectivity index (χ3n) is 2.18. The maximum Gasteiger partial charge on any atom is 0.256 e. The number of aliphatic hydroxyl groups excluding tert-OH is 1. The van der Waals surface area contributed by atoms with Crippen LogP contribution < -0.4 is 5.32 Å². The number of nitrogens with one attached hydrogen (secondary N) is 1. The Labute approximate surface area is 115 Å². The van der Waals surface area contributed by atoms with E-state index in [9.17, 15) is 0 Å². The van der Waals surface area contributed by atoms with Gasteiger partial charge in [-0.25, -0.2) is 4.68 Å². The van der Waals surface area contributed by atoms with E-state index in [1.807, 2.05) is 13.0 Å². The molecule has 0 bridgehead atoms. The van der Waals surface area contributed by atoms with Crippen molar-refractivity contribution < 1.29 is 5.11 Å². The van der Waals surface area contributed by atoms with Gasteiger partial charge in [0, 0.05) is 31.3 Å². The summed E-state index contributed by atoms with van der Waals surface area (Å²) in [5.41, 5.74) is 0. The van der Waals surface area contributed by atoms with Gasteiger partial charge in [0.2, 0.25) is 5.95 Å². The van der Waals surface area contributed by atoms with Crippen LogP contribution in [0.25, 0.3) is 5.95 Å². The fraction of sp³-hybridized carbons (Fsp3) is 0.455. The molecule has 0 unspecified atom stereocenters. The molecule has 0 spiro atoms. The van der Waals surface area contributed by atoms with Gasteiger partial charge in [0.15, 0.2) is 5.16 Å². The fourth-order valence-corrected chi connectivity index (χ4v) is 2.12. The normalized spacial score (nSPS) is 10.6. The fourth-order valence-electron chi connectivity index (χ4n) is 1.37. The molecule has 8 heteroatoms. The van der Waals surface area contributed by atoms with Gasteiger partial charge in [-0.3, -0.25) is 0 Å². The van der Waals surface area contributed by atoms with Crippen molar-refractivity contribution in [2.75, 3.05) is 24.2 Å². The second-order valence-electron chi connectivity index (χ2n) is 3.65. The third-order valence-corrected chi connectivity index (χ3v) is 3.11. The molecule has 2 rings (SSSR count). The van der Waals surface area contributed by atoms with Gasteiger partial charge in [-0.15, -0.1) is 0 Å². The number of thioether (sulfide) groups is 1. The van der Waals surface area contributed by atoms with Gasteiger partial charge in [0.1, 0.15) is 0 Å². The van der Waals surface area contributed by atoms with Crippen LogP contribution >= 0.6 is 11.8 Å². The summed E-state index contributed by atoms with van der Waals surface area (Å²) in [5.74, 6) is 1.79. The monoisotopic (exact) mass is 280 g/mol. The highest BCUT2D eigenvalue weighted by Gasteiger charge is 2.08. The zero-order valence-electron chi connectivity index (χ0n) is 10.7. The molecule has 102 valence electrons. The van der Waals surface area contributed by atoms with E-state index >= 15 is 0 Å². The molecule has 0 aliphatic carbocycles. The molecule has 7 nitrogen and oxygen atoms in total. The highest BCUT2D eigenvalue weighted by molar-refractivity contribution is 7.99. The van der Waals surface area contributed by atoms with Crippen molar-refractivity contribution in [3.63, 3.8) is 0 Å². The first-order chi connectivity index (χ1) is 9.33. The standard InChI is InChI=1S/C11H16N6OS/c1-2-12-9-14-10(17-6-3-5-13-17)16-11(15-9)19-8-4-7-18/h3,5-6,18H,2,4,7-8H2,1H3,(H,12,14,15,16). The highest BCUT2D eigenvalue weighted by Crippen LogP contribution is 2.16. The molecule has 0 radical (unpaired) electrons. The molecule has 2 aromatic rings. The van der Waals surface area contributed by atoms with Crippen molar-refractivity contribution in [2.24, 2.45) is 0 Å². The van der Waals surface area contributed by atoms with E-state index < -0.39 is 0 Å². The summed E-state index contributed by atoms with van der Waals surface area (Å²) in [6.07, 6.45) is 4.17. The Morgan fingerprint density at radius 2 is 2.26 bits per heavy atom. The van der Waals surface area contributed by atoms with Crippen molar-refractivity contribution in [2.45, 2.75) is 18.5 Å². The Balaban J connectivity index is 2.22. The summed E-state index contributed by atoms with van der Waals surface area (Å²) in [6, 6.07) is 1.81. The molecule has 0 atom stereocenters. The molecule has 0 saturated carbocycles. The number of hydrogen-bond donors (Lipinski definition) is 2. The average Bonchev–Trinajstić information content (AvgIpc) is 2.93. The second-order valence-corrected chi connectivity index (χ2v) is 4.71. The molecule has 0 aliphatic rings. The molecule has 2 N–H and O–H groups in total. The number of nitrogens with zero attached hydrogens (tertiary/aromatic N) is 5. The van der Waals surface area contributed by atoms with Crippen LogP contribution in [0.15, 0.2) is 23.6 Å². The summed E-state index contributed by atoms with van der Waals surface area (Å²) >= 11 is 1.49. The second kappa shape index (κ2) is 7.05. The molecule has 0 aromatic carbocycles. The molecule has 0 amide bonds. The first-order valence-corrected chi connectivity index (χ1v) is 7.05. The lowest BCUT2D eigenvalue weighted by Gasteiger charge is -2.07. The van der Waals surface area contributed by atoms with Crippen molar-refractivity contribution in [1.29, 1.82) is 0 Å². The molecule has 2 aromatic heterocycles. The van der Waals surface area contributed by atoms with Crippen LogP contribution in [0, 0.1) is 0 Å². The summed E-state index contributed by atoms with van der Waals surface area (Å²) in [5, 5.41) is 16.6. The van der Waals surface area contributed by atoms with E-state index in [0.29, 0.717) is 23.5 Å². The quantitative estimate of drug-likeness (QED) is 0.577. The minimum atomic E-state index is 0.171. The van der Waals surface area contributed by atoms with Crippen LogP contribution in [-0.2, 0) is 0 Å². The lowest BCUT2D eigenvalue weighted by molar-refractivity contribution is 0.296. The van der Waals surface area contributed by atoms with Crippen LogP contribution in [-0.4, -0.2) is 48.7 Å². The topological polar surface area (TPSA) is 88.8 Å². The van der Waals surface area contributed by atoms with E-state index in [-0.39, 0.29) is 6.61 Å². The van der Waals surface area contributed by atoms with Gasteiger partial charge in [0.05, 0.1) is 0 Å². The lowest BCUT2D eigenvalue weighted by atomic mass is 10.5. The Hall–Kier alpha value is -1.67. The Kier molecular flexibility index (Phi) is 5.10. The summed E-state index contributed by atoms with van der Waals surface area (Å²) in [6.45, 7) is 2.89. The Bertz CT molecular complexity index is 504. The van der Waals surface area contributed by atoms with E-state index in [2.05, 4.69) is 25.4 Å². The third kappa shape index (κ3) is 3.90. The minimum absolute atomic E-state index is 0.171. The minimum Gasteiger partial charge on any atom is -0.396 e. The molecule has 0 fully saturated rings. The van der Waals surface area contributed by atoms with Crippen LogP contribution in [0.3, 0.4) is 0 Å². The van der Waals surface area contributed by atoms with Crippen LogP contribution in [0.1, 0.15) is 13.3 Å². The molecular formula is C11H16N6OS. The number of anilines is 1. The highest BCUT2D eigenvalue weighted by atomic mass is 32.2. The van der Waals surface area contributed by atoms with Crippen molar-refractivity contribution in [3.8, 4) is 5.95 Å². The van der Waals surface area contributed by atoms with Gasteiger partial charge < -0.3 is 10.4 Å². The zero-order chi connectivity index (χ0) is 13.5. The summed E-state index contributed by atoms with van der Waals surface area (Å²) < 4.78 is 1.60. The molecular weight excluding hydrogens is 264 g/mol. The van der Waals surface area contributed by atoms with Crippen molar-refractivity contribution in [1.82, 2.24) is 24.7 Å². The van der Waals surface area contributed by atoms with Gasteiger partial charge >= 0.3 is 0 Å². The largest absolute Gasteiger partial charge is 0.396 e. The van der Waals surface area contributed by atoms with Crippen LogP contribution in [0.2, 0.25) is 0 Å². The SMILES string of the molecule is CCNc1nc(SCCCO)nc(-n2cccn2)n1. The zero-order valence-corrected chi connectivity index (χ0v) is 11.5. The number of aliphatic hydroxyl groups is 1. The van der Waals surface area contributed by atoms with Crippen molar-refractivity contribution in [3.05, 3.63) is 18.5 Å². The van der Waals surface area contributed by atoms with Gasteiger partial charge in [0.25, 0.3) is 5.95 Å². The van der Waals surface area contributed by atoms with Crippen LogP contribution in [0.4, 0.5) is 5.95 Å². The van der Waals surface area contributed by atoms with E-state index in [4.69, 9.17) is 5.11 Å². The first-order valence-electron chi connectivity index (χ1n) is 6.07. The number of aromatic nitrogens is 5. The predicted molar refractivity (Wildman–Crippen MR) is 73.5 cm³/mol. The molecule has 19 heavy (non-hydrogen) atoms. The molecule has 0 aliphatic heterocycles. The molecule has 2 heterocycles.